The van der Waals surface area contributed by atoms with Crippen LogP contribution in [0.3, 0.4) is 0 Å². The summed E-state index contributed by atoms with van der Waals surface area (Å²) in [6.07, 6.45) is 3.14. The Kier molecular flexibility index (Phi) is 5.02. The molecule has 0 radical (unpaired) electrons. The van der Waals surface area contributed by atoms with Gasteiger partial charge in [0.05, 0.1) is 6.54 Å². The molecule has 2 N–H and O–H groups in total. The van der Waals surface area contributed by atoms with E-state index in [2.05, 4.69) is 17.0 Å². The summed E-state index contributed by atoms with van der Waals surface area (Å²) in [6, 6.07) is 8.48. The van der Waals surface area contributed by atoms with Gasteiger partial charge in [-0.1, -0.05) is 18.2 Å². The number of benzene rings is 1. The van der Waals surface area contributed by atoms with E-state index in [-0.39, 0.29) is 24.4 Å². The lowest BCUT2D eigenvalue weighted by Gasteiger charge is -2.30. The molecule has 0 spiro atoms. The second kappa shape index (κ2) is 6.57. The largest absolute Gasteiger partial charge is 0.326 e. The Hall–Kier alpha value is -1.10. The van der Waals surface area contributed by atoms with Crippen molar-refractivity contribution in [3.63, 3.8) is 0 Å². The van der Waals surface area contributed by atoms with E-state index in [0.29, 0.717) is 6.54 Å². The molecule has 1 atom stereocenters. The van der Waals surface area contributed by atoms with Crippen molar-refractivity contribution in [3.05, 3.63) is 29.8 Å². The number of fused-ring (bicyclic) bond motifs is 1. The average molecular weight is 296 g/mol. The lowest BCUT2D eigenvalue weighted by molar-refractivity contribution is -0.119. The molecule has 1 fully saturated rings. The van der Waals surface area contributed by atoms with Gasteiger partial charge in [-0.2, -0.15) is 0 Å². The van der Waals surface area contributed by atoms with Crippen molar-refractivity contribution >= 4 is 24.0 Å². The molecule has 4 nitrogen and oxygen atoms in total. The standard InChI is InChI=1S/C15H21N3O.ClH/c16-13-7-9-17(10-13)11-15(19)18-8-3-5-12-4-1-2-6-14(12)18;/h1-2,4,6,13H,3,5,7-11,16H2;1H/t13-;/m1./s1. The maximum Gasteiger partial charge on any atom is 0.241 e. The van der Waals surface area contributed by atoms with Crippen molar-refractivity contribution in [1.29, 1.82) is 0 Å². The van der Waals surface area contributed by atoms with Crippen LogP contribution in [-0.2, 0) is 11.2 Å². The van der Waals surface area contributed by atoms with Crippen LogP contribution in [0.1, 0.15) is 18.4 Å². The molecule has 110 valence electrons. The van der Waals surface area contributed by atoms with Gasteiger partial charge in [0.1, 0.15) is 0 Å². The molecule has 0 aromatic heterocycles. The highest BCUT2D eigenvalue weighted by molar-refractivity contribution is 5.96. The fraction of sp³-hybridized carbons (Fsp3) is 0.533. The summed E-state index contributed by atoms with van der Waals surface area (Å²) in [5, 5.41) is 0. The molecule has 0 aliphatic carbocycles. The molecule has 0 unspecified atom stereocenters. The van der Waals surface area contributed by atoms with Gasteiger partial charge in [-0.15, -0.1) is 12.4 Å². The van der Waals surface area contributed by atoms with E-state index in [0.717, 1.165) is 44.6 Å². The molecule has 20 heavy (non-hydrogen) atoms. The lowest BCUT2D eigenvalue weighted by Crippen LogP contribution is -2.42. The minimum absolute atomic E-state index is 0. The first-order valence-corrected chi connectivity index (χ1v) is 7.10. The smallest absolute Gasteiger partial charge is 0.241 e. The number of para-hydroxylation sites is 1. The van der Waals surface area contributed by atoms with Crippen LogP contribution in [0.4, 0.5) is 5.69 Å². The number of anilines is 1. The maximum absolute atomic E-state index is 12.5. The first-order chi connectivity index (χ1) is 9.24. The van der Waals surface area contributed by atoms with Crippen LogP contribution in [0, 0.1) is 0 Å². The van der Waals surface area contributed by atoms with Crippen molar-refractivity contribution in [2.75, 3.05) is 31.1 Å². The summed E-state index contributed by atoms with van der Waals surface area (Å²) in [6.45, 7) is 3.14. The Morgan fingerprint density at radius 2 is 2.10 bits per heavy atom. The van der Waals surface area contributed by atoms with Crippen molar-refractivity contribution < 1.29 is 4.79 Å². The zero-order valence-corrected chi connectivity index (χ0v) is 12.4. The number of nitrogens with zero attached hydrogens (tertiary/aromatic N) is 2. The van der Waals surface area contributed by atoms with Crippen LogP contribution in [0.2, 0.25) is 0 Å². The SMILES string of the molecule is Cl.N[C@@H]1CCN(CC(=O)N2CCCc3ccccc32)C1. The fourth-order valence-electron chi connectivity index (χ4n) is 3.08. The third-order valence-corrected chi connectivity index (χ3v) is 4.08. The van der Waals surface area contributed by atoms with Crippen LogP contribution in [-0.4, -0.2) is 43.0 Å². The minimum atomic E-state index is 0. The summed E-state index contributed by atoms with van der Waals surface area (Å²) in [7, 11) is 0. The monoisotopic (exact) mass is 295 g/mol. The zero-order valence-electron chi connectivity index (χ0n) is 11.6. The summed E-state index contributed by atoms with van der Waals surface area (Å²) in [5.74, 6) is 0.209. The molecule has 2 aliphatic heterocycles. The van der Waals surface area contributed by atoms with E-state index in [1.165, 1.54) is 5.56 Å². The number of carbonyl (C=O) groups is 1. The zero-order chi connectivity index (χ0) is 13.2. The van der Waals surface area contributed by atoms with Gasteiger partial charge in [-0.3, -0.25) is 9.69 Å². The number of halogens is 1. The molecule has 1 aromatic rings. The third kappa shape index (κ3) is 3.14. The molecule has 0 saturated carbocycles. The summed E-state index contributed by atoms with van der Waals surface area (Å²) >= 11 is 0. The van der Waals surface area contributed by atoms with Gasteiger partial charge in [-0.25, -0.2) is 0 Å². The van der Waals surface area contributed by atoms with Crippen molar-refractivity contribution in [3.8, 4) is 0 Å². The van der Waals surface area contributed by atoms with Crippen LogP contribution < -0.4 is 10.6 Å². The van der Waals surface area contributed by atoms with E-state index >= 15 is 0 Å². The highest BCUT2D eigenvalue weighted by Crippen LogP contribution is 2.26. The Bertz CT molecular complexity index is 480. The highest BCUT2D eigenvalue weighted by Gasteiger charge is 2.26. The maximum atomic E-state index is 12.5. The van der Waals surface area contributed by atoms with E-state index in [1.54, 1.807) is 0 Å². The molecular weight excluding hydrogens is 274 g/mol. The van der Waals surface area contributed by atoms with Gasteiger partial charge in [-0.05, 0) is 30.9 Å². The fourth-order valence-corrected chi connectivity index (χ4v) is 3.08. The highest BCUT2D eigenvalue weighted by atomic mass is 35.5. The number of likely N-dealkylation sites (tertiary alicyclic amines) is 1. The first-order valence-electron chi connectivity index (χ1n) is 7.10. The van der Waals surface area contributed by atoms with Gasteiger partial charge >= 0.3 is 0 Å². The van der Waals surface area contributed by atoms with Gasteiger partial charge in [0.2, 0.25) is 5.91 Å². The Morgan fingerprint density at radius 3 is 2.85 bits per heavy atom. The first kappa shape index (κ1) is 15.3. The van der Waals surface area contributed by atoms with Gasteiger partial charge in [0.25, 0.3) is 0 Å². The number of amides is 1. The van der Waals surface area contributed by atoms with Crippen LogP contribution in [0.25, 0.3) is 0 Å². The predicted molar refractivity (Wildman–Crippen MR) is 83.4 cm³/mol. The molecule has 1 aromatic carbocycles. The molecule has 3 rings (SSSR count). The molecule has 5 heteroatoms. The van der Waals surface area contributed by atoms with Gasteiger partial charge < -0.3 is 10.6 Å². The van der Waals surface area contributed by atoms with E-state index in [1.807, 2.05) is 17.0 Å². The van der Waals surface area contributed by atoms with E-state index < -0.39 is 0 Å². The number of hydrogen-bond donors (Lipinski definition) is 1. The van der Waals surface area contributed by atoms with Crippen LogP contribution >= 0.6 is 12.4 Å². The van der Waals surface area contributed by atoms with Crippen LogP contribution in [0.15, 0.2) is 24.3 Å². The molecule has 2 heterocycles. The van der Waals surface area contributed by atoms with Crippen molar-refractivity contribution in [2.45, 2.75) is 25.3 Å². The summed E-state index contributed by atoms with van der Waals surface area (Å²) < 4.78 is 0. The predicted octanol–water partition coefficient (Wildman–Crippen LogP) is 1.42. The number of hydrogen-bond acceptors (Lipinski definition) is 3. The minimum Gasteiger partial charge on any atom is -0.326 e. The van der Waals surface area contributed by atoms with Crippen LogP contribution in [0.5, 0.6) is 0 Å². The second-order valence-corrected chi connectivity index (χ2v) is 5.56. The average Bonchev–Trinajstić information content (AvgIpc) is 2.83. The van der Waals surface area contributed by atoms with Crippen molar-refractivity contribution in [1.82, 2.24) is 4.90 Å². The molecular formula is C15H22ClN3O. The molecule has 2 aliphatic rings. The van der Waals surface area contributed by atoms with Crippen molar-refractivity contribution in [2.24, 2.45) is 5.73 Å². The lowest BCUT2D eigenvalue weighted by atomic mass is 10.0. The van der Waals surface area contributed by atoms with E-state index in [4.69, 9.17) is 5.73 Å². The third-order valence-electron chi connectivity index (χ3n) is 4.08. The van der Waals surface area contributed by atoms with Gasteiger partial charge in [0, 0.05) is 31.4 Å². The second-order valence-electron chi connectivity index (χ2n) is 5.56. The van der Waals surface area contributed by atoms with Gasteiger partial charge in [0.15, 0.2) is 0 Å². The van der Waals surface area contributed by atoms with E-state index in [9.17, 15) is 4.79 Å². The molecule has 1 amide bonds. The normalized spacial score (nSPS) is 22.2. The molecule has 1 saturated heterocycles. The Labute approximate surface area is 126 Å². The number of nitrogens with two attached hydrogens (primary N) is 1. The topological polar surface area (TPSA) is 49.6 Å². The summed E-state index contributed by atoms with van der Waals surface area (Å²) in [4.78, 5) is 16.6. The Balaban J connectivity index is 0.00000147. The number of carbonyl (C=O) groups excluding carboxylic acids is 1. The quantitative estimate of drug-likeness (QED) is 0.898. The number of rotatable bonds is 2. The molecule has 0 bridgehead atoms. The summed E-state index contributed by atoms with van der Waals surface area (Å²) in [5.41, 5.74) is 8.28. The Morgan fingerprint density at radius 1 is 1.30 bits per heavy atom. The number of aryl methyl sites for hydroxylation is 1.